The molecule has 18 heavy (non-hydrogen) atoms. The van der Waals surface area contributed by atoms with E-state index in [1.807, 2.05) is 7.05 Å². The van der Waals surface area contributed by atoms with Crippen molar-refractivity contribution in [1.82, 2.24) is 15.0 Å². The van der Waals surface area contributed by atoms with Crippen LogP contribution in [-0.2, 0) is 12.6 Å². The Morgan fingerprint density at radius 2 is 2.06 bits per heavy atom. The van der Waals surface area contributed by atoms with Crippen LogP contribution in [0.2, 0.25) is 0 Å². The first-order valence-electron chi connectivity index (χ1n) is 6.96. The molecule has 0 spiro atoms. The van der Waals surface area contributed by atoms with E-state index in [4.69, 9.17) is 0 Å². The lowest BCUT2D eigenvalue weighted by atomic mass is 9.66. The SMILES string of the molecule is CCC(C)(C)C1CCC(O)(c2cnnn2C)CC1. The molecular formula is C14H25N3O. The van der Waals surface area contributed by atoms with Gasteiger partial charge in [-0.2, -0.15) is 0 Å². The number of aliphatic hydroxyl groups is 1. The standard InChI is InChI=1S/C14H25N3O/c1-5-13(2,3)11-6-8-14(18,9-7-11)12-10-15-16-17(12)4/h10-11,18H,5-9H2,1-4H3. The zero-order valence-electron chi connectivity index (χ0n) is 12.0. The molecular weight excluding hydrogens is 226 g/mol. The predicted molar refractivity (Wildman–Crippen MR) is 70.9 cm³/mol. The van der Waals surface area contributed by atoms with Crippen LogP contribution in [0.1, 0.15) is 58.6 Å². The molecule has 1 aromatic rings. The Balaban J connectivity index is 2.09. The molecule has 1 aromatic heterocycles. The van der Waals surface area contributed by atoms with Crippen molar-refractivity contribution in [3.63, 3.8) is 0 Å². The van der Waals surface area contributed by atoms with Gasteiger partial charge in [0.2, 0.25) is 0 Å². The summed E-state index contributed by atoms with van der Waals surface area (Å²) in [6.07, 6.45) is 6.71. The summed E-state index contributed by atoms with van der Waals surface area (Å²) in [6.45, 7) is 6.94. The number of hydrogen-bond donors (Lipinski definition) is 1. The summed E-state index contributed by atoms with van der Waals surface area (Å²) in [5, 5.41) is 18.6. The Kier molecular flexibility index (Phi) is 3.49. The van der Waals surface area contributed by atoms with E-state index in [2.05, 4.69) is 31.1 Å². The Morgan fingerprint density at radius 3 is 2.50 bits per heavy atom. The van der Waals surface area contributed by atoms with Gasteiger partial charge in [-0.1, -0.05) is 32.4 Å². The first kappa shape index (κ1) is 13.5. The van der Waals surface area contributed by atoms with E-state index >= 15 is 0 Å². The first-order valence-corrected chi connectivity index (χ1v) is 6.96. The molecule has 1 N–H and O–H groups in total. The monoisotopic (exact) mass is 251 g/mol. The van der Waals surface area contributed by atoms with Gasteiger partial charge >= 0.3 is 0 Å². The largest absolute Gasteiger partial charge is 0.384 e. The number of hydrogen-bond acceptors (Lipinski definition) is 3. The van der Waals surface area contributed by atoms with Crippen LogP contribution in [0.4, 0.5) is 0 Å². The third-order valence-corrected chi connectivity index (χ3v) is 5.02. The zero-order chi connectivity index (χ0) is 13.4. The zero-order valence-corrected chi connectivity index (χ0v) is 12.0. The summed E-state index contributed by atoms with van der Waals surface area (Å²) in [5.41, 5.74) is 0.514. The quantitative estimate of drug-likeness (QED) is 0.898. The van der Waals surface area contributed by atoms with E-state index in [-0.39, 0.29) is 0 Å². The second kappa shape index (κ2) is 4.65. The van der Waals surface area contributed by atoms with Gasteiger partial charge in [0.15, 0.2) is 0 Å². The Morgan fingerprint density at radius 1 is 1.44 bits per heavy atom. The van der Waals surface area contributed by atoms with Crippen LogP contribution >= 0.6 is 0 Å². The molecule has 0 unspecified atom stereocenters. The minimum absolute atomic E-state index is 0.381. The average Bonchev–Trinajstić information content (AvgIpc) is 2.77. The van der Waals surface area contributed by atoms with Crippen LogP contribution in [0.25, 0.3) is 0 Å². The minimum atomic E-state index is -0.724. The fourth-order valence-electron chi connectivity index (χ4n) is 3.13. The minimum Gasteiger partial charge on any atom is -0.384 e. The summed E-state index contributed by atoms with van der Waals surface area (Å²) in [7, 11) is 1.85. The van der Waals surface area contributed by atoms with Gasteiger partial charge in [0, 0.05) is 7.05 Å². The van der Waals surface area contributed by atoms with Crippen molar-refractivity contribution in [3.8, 4) is 0 Å². The molecule has 1 heterocycles. The van der Waals surface area contributed by atoms with E-state index in [0.717, 1.165) is 31.4 Å². The van der Waals surface area contributed by atoms with Crippen LogP contribution < -0.4 is 0 Å². The van der Waals surface area contributed by atoms with Crippen molar-refractivity contribution in [2.45, 2.75) is 58.5 Å². The summed E-state index contributed by atoms with van der Waals surface area (Å²) >= 11 is 0. The molecule has 1 saturated carbocycles. The lowest BCUT2D eigenvalue weighted by Crippen LogP contribution is -2.37. The van der Waals surface area contributed by atoms with Gasteiger partial charge in [0.1, 0.15) is 5.60 Å². The van der Waals surface area contributed by atoms with Crippen LogP contribution in [0.3, 0.4) is 0 Å². The lowest BCUT2D eigenvalue weighted by molar-refractivity contribution is -0.0385. The van der Waals surface area contributed by atoms with Crippen LogP contribution in [0.15, 0.2) is 6.20 Å². The molecule has 0 amide bonds. The second-order valence-corrected chi connectivity index (χ2v) is 6.39. The molecule has 2 rings (SSSR count). The fraction of sp³-hybridized carbons (Fsp3) is 0.857. The fourth-order valence-corrected chi connectivity index (χ4v) is 3.13. The molecule has 0 saturated heterocycles. The number of aryl methyl sites for hydroxylation is 1. The normalized spacial score (nSPS) is 29.5. The second-order valence-electron chi connectivity index (χ2n) is 6.39. The van der Waals surface area contributed by atoms with Crippen molar-refractivity contribution in [2.24, 2.45) is 18.4 Å². The van der Waals surface area contributed by atoms with Gasteiger partial charge < -0.3 is 5.11 Å². The molecule has 4 nitrogen and oxygen atoms in total. The molecule has 0 aromatic carbocycles. The molecule has 0 atom stereocenters. The Labute approximate surface area is 109 Å². The van der Waals surface area contributed by atoms with E-state index in [1.54, 1.807) is 10.9 Å². The van der Waals surface area contributed by atoms with Gasteiger partial charge in [0.25, 0.3) is 0 Å². The van der Waals surface area contributed by atoms with E-state index in [0.29, 0.717) is 11.3 Å². The molecule has 102 valence electrons. The Hall–Kier alpha value is -0.900. The molecule has 4 heteroatoms. The first-order chi connectivity index (χ1) is 8.39. The maximum Gasteiger partial charge on any atom is 0.108 e. The Bertz CT molecular complexity index is 403. The van der Waals surface area contributed by atoms with Crippen molar-refractivity contribution in [2.75, 3.05) is 0 Å². The van der Waals surface area contributed by atoms with Gasteiger partial charge in [-0.25, -0.2) is 4.68 Å². The highest BCUT2D eigenvalue weighted by Crippen LogP contribution is 2.46. The average molecular weight is 251 g/mol. The topological polar surface area (TPSA) is 50.9 Å². The summed E-state index contributed by atoms with van der Waals surface area (Å²) in [4.78, 5) is 0. The highest BCUT2D eigenvalue weighted by atomic mass is 16.3. The van der Waals surface area contributed by atoms with Crippen LogP contribution in [-0.4, -0.2) is 20.1 Å². The highest BCUT2D eigenvalue weighted by Gasteiger charge is 2.41. The summed E-state index contributed by atoms with van der Waals surface area (Å²) in [6, 6.07) is 0. The number of rotatable bonds is 3. The van der Waals surface area contributed by atoms with E-state index < -0.39 is 5.60 Å². The molecule has 0 radical (unpaired) electrons. The number of nitrogens with zero attached hydrogens (tertiary/aromatic N) is 3. The van der Waals surface area contributed by atoms with Gasteiger partial charge in [-0.05, 0) is 37.0 Å². The van der Waals surface area contributed by atoms with Crippen LogP contribution in [0, 0.1) is 11.3 Å². The van der Waals surface area contributed by atoms with Crippen LogP contribution in [0.5, 0.6) is 0 Å². The van der Waals surface area contributed by atoms with Gasteiger partial charge in [-0.15, -0.1) is 5.10 Å². The highest BCUT2D eigenvalue weighted by molar-refractivity contribution is 5.09. The van der Waals surface area contributed by atoms with Gasteiger partial charge in [0.05, 0.1) is 11.9 Å². The predicted octanol–water partition coefficient (Wildman–Crippen LogP) is 2.63. The molecule has 1 fully saturated rings. The lowest BCUT2D eigenvalue weighted by Gasteiger charge is -2.42. The summed E-state index contributed by atoms with van der Waals surface area (Å²) in [5.74, 6) is 0.712. The maximum atomic E-state index is 10.8. The van der Waals surface area contributed by atoms with Crippen molar-refractivity contribution < 1.29 is 5.11 Å². The molecule has 1 aliphatic carbocycles. The molecule has 0 bridgehead atoms. The van der Waals surface area contributed by atoms with E-state index in [9.17, 15) is 5.11 Å². The van der Waals surface area contributed by atoms with Crippen molar-refractivity contribution >= 4 is 0 Å². The third kappa shape index (κ3) is 2.30. The molecule has 0 aliphatic heterocycles. The van der Waals surface area contributed by atoms with Gasteiger partial charge in [-0.3, -0.25) is 0 Å². The molecule has 1 aliphatic rings. The summed E-state index contributed by atoms with van der Waals surface area (Å²) < 4.78 is 1.70. The van der Waals surface area contributed by atoms with E-state index in [1.165, 1.54) is 6.42 Å². The van der Waals surface area contributed by atoms with Crippen molar-refractivity contribution in [1.29, 1.82) is 0 Å². The number of aromatic nitrogens is 3. The smallest absolute Gasteiger partial charge is 0.108 e. The third-order valence-electron chi connectivity index (χ3n) is 5.02. The van der Waals surface area contributed by atoms with Crippen molar-refractivity contribution in [3.05, 3.63) is 11.9 Å². The maximum absolute atomic E-state index is 10.8.